The number of nitrogens with one attached hydrogen (secondary N) is 1. The van der Waals surface area contributed by atoms with Gasteiger partial charge in [-0.05, 0) is 37.7 Å². The molecule has 2 N–H and O–H groups in total. The van der Waals surface area contributed by atoms with Gasteiger partial charge in [0.2, 0.25) is 0 Å². The third-order valence-electron chi connectivity index (χ3n) is 4.44. The van der Waals surface area contributed by atoms with Crippen LogP contribution in [0.15, 0.2) is 24.3 Å². The monoisotopic (exact) mass is 433 g/mol. The average Bonchev–Trinajstić information content (AvgIpc) is 3.30. The molecule has 3 heterocycles. The molecule has 0 bridgehead atoms. The Morgan fingerprint density at radius 2 is 2.03 bits per heavy atom. The van der Waals surface area contributed by atoms with Crippen molar-refractivity contribution in [2.75, 3.05) is 32.1 Å². The molecule has 154 valence electrons. The number of fused-ring (bicyclic) bond motifs is 1. The van der Waals surface area contributed by atoms with Crippen LogP contribution in [0.3, 0.4) is 0 Å². The molecule has 7 nitrogen and oxygen atoms in total. The van der Waals surface area contributed by atoms with Crippen LogP contribution in [0.4, 0.5) is 5.69 Å². The van der Waals surface area contributed by atoms with Gasteiger partial charge in [-0.25, -0.2) is 9.78 Å². The molecule has 3 rings (SSSR count). The maximum absolute atomic E-state index is 12.7. The number of hydrogen-bond acceptors (Lipinski definition) is 8. The van der Waals surface area contributed by atoms with E-state index >= 15 is 0 Å². The van der Waals surface area contributed by atoms with Gasteiger partial charge in [0.1, 0.15) is 9.71 Å². The Morgan fingerprint density at radius 3 is 2.66 bits per heavy atom. The van der Waals surface area contributed by atoms with Crippen molar-refractivity contribution in [3.8, 4) is 0 Å². The number of likely N-dealkylation sites (N-methyl/N-ethyl adjacent to an activating group) is 1. The van der Waals surface area contributed by atoms with Gasteiger partial charge in [0, 0.05) is 23.4 Å². The predicted molar refractivity (Wildman–Crippen MR) is 116 cm³/mol. The van der Waals surface area contributed by atoms with Gasteiger partial charge in [-0.2, -0.15) is 0 Å². The molecule has 0 aliphatic carbocycles. The molecule has 0 radical (unpaired) electrons. The number of amides is 1. The molecule has 3 aromatic heterocycles. The Morgan fingerprint density at radius 1 is 1.24 bits per heavy atom. The van der Waals surface area contributed by atoms with E-state index in [2.05, 4.69) is 15.2 Å². The Bertz CT molecular complexity index is 1030. The summed E-state index contributed by atoms with van der Waals surface area (Å²) < 4.78 is 4.90. The topological polar surface area (TPSA) is 91.8 Å². The molecule has 0 saturated carbocycles. The third kappa shape index (κ3) is 4.81. The molecule has 0 spiro atoms. The molecule has 29 heavy (non-hydrogen) atoms. The van der Waals surface area contributed by atoms with Crippen LogP contribution in [0, 0.1) is 6.92 Å². The molecular weight excluding hydrogens is 410 g/mol. The lowest BCUT2D eigenvalue weighted by molar-refractivity contribution is 0.0607. The molecule has 0 fully saturated rings. The number of carbonyl (C=O) groups excluding carboxylic acids is 2. The maximum atomic E-state index is 12.7. The van der Waals surface area contributed by atoms with Gasteiger partial charge >= 0.3 is 5.97 Å². The highest BCUT2D eigenvalue weighted by atomic mass is 32.1. The van der Waals surface area contributed by atoms with Crippen molar-refractivity contribution in [1.82, 2.24) is 9.88 Å². The van der Waals surface area contributed by atoms with Gasteiger partial charge in [-0.3, -0.25) is 9.69 Å². The lowest BCUT2D eigenvalue weighted by atomic mass is 10.2. The van der Waals surface area contributed by atoms with Crippen LogP contribution >= 0.6 is 22.7 Å². The second kappa shape index (κ2) is 9.45. The fraction of sp³-hybridized carbons (Fsp3) is 0.350. The van der Waals surface area contributed by atoms with Crippen LogP contribution in [0.5, 0.6) is 0 Å². The third-order valence-corrected chi connectivity index (χ3v) is 6.51. The first-order chi connectivity index (χ1) is 14.0. The number of aliphatic hydroxyl groups is 1. The minimum atomic E-state index is -0.511. The summed E-state index contributed by atoms with van der Waals surface area (Å²) in [6.07, 6.45) is 0. The lowest BCUT2D eigenvalue weighted by Gasteiger charge is -2.18. The zero-order valence-electron chi connectivity index (χ0n) is 16.5. The number of nitrogens with zero attached hydrogens (tertiary/aromatic N) is 2. The highest BCUT2D eigenvalue weighted by Gasteiger charge is 2.23. The second-order valence-electron chi connectivity index (χ2n) is 6.41. The largest absolute Gasteiger partial charge is 0.465 e. The smallest absolute Gasteiger partial charge is 0.350 e. The molecule has 0 aliphatic rings. The van der Waals surface area contributed by atoms with Crippen molar-refractivity contribution in [3.05, 3.63) is 44.6 Å². The van der Waals surface area contributed by atoms with E-state index in [1.165, 1.54) is 29.8 Å². The minimum absolute atomic E-state index is 0.0833. The number of aryl methyl sites for hydroxylation is 1. The number of rotatable bonds is 8. The number of thiophene rings is 2. The highest BCUT2D eigenvalue weighted by molar-refractivity contribution is 7.21. The first-order valence-electron chi connectivity index (χ1n) is 9.18. The van der Waals surface area contributed by atoms with Crippen LogP contribution in [0.2, 0.25) is 0 Å². The van der Waals surface area contributed by atoms with Gasteiger partial charge in [0.25, 0.3) is 5.91 Å². The van der Waals surface area contributed by atoms with Crippen LogP contribution in [0.25, 0.3) is 10.2 Å². The number of methoxy groups -OCH3 is 1. The van der Waals surface area contributed by atoms with E-state index < -0.39 is 5.97 Å². The van der Waals surface area contributed by atoms with Crippen molar-refractivity contribution in [2.45, 2.75) is 20.4 Å². The molecule has 0 unspecified atom stereocenters. The summed E-state index contributed by atoms with van der Waals surface area (Å²) in [5.74, 6) is -0.778. The van der Waals surface area contributed by atoms with Crippen molar-refractivity contribution < 1.29 is 19.4 Å². The molecular formula is C20H23N3O4S2. The van der Waals surface area contributed by atoms with Crippen LogP contribution in [-0.4, -0.2) is 53.7 Å². The SMILES string of the molecule is CCN(CCO)Cc1ccc2c(NC(=O)c3ccc(C)s3)c(C(=O)OC)sc2n1. The Kier molecular flexibility index (Phi) is 6.96. The number of hydrogen-bond donors (Lipinski definition) is 2. The van der Waals surface area contributed by atoms with E-state index in [0.29, 0.717) is 38.7 Å². The van der Waals surface area contributed by atoms with E-state index in [0.717, 1.165) is 17.1 Å². The summed E-state index contributed by atoms with van der Waals surface area (Å²) in [6.45, 7) is 5.99. The van der Waals surface area contributed by atoms with E-state index in [4.69, 9.17) is 4.74 Å². The Balaban J connectivity index is 1.96. The number of carbonyl (C=O) groups is 2. The van der Waals surface area contributed by atoms with Crippen molar-refractivity contribution >= 4 is 50.5 Å². The summed E-state index contributed by atoms with van der Waals surface area (Å²) in [5.41, 5.74) is 1.26. The summed E-state index contributed by atoms with van der Waals surface area (Å²) in [5, 5.41) is 12.7. The quantitative estimate of drug-likeness (QED) is 0.528. The van der Waals surface area contributed by atoms with Crippen LogP contribution in [-0.2, 0) is 11.3 Å². The summed E-state index contributed by atoms with van der Waals surface area (Å²) in [6, 6.07) is 7.38. The molecule has 0 aromatic carbocycles. The molecule has 0 atom stereocenters. The number of aromatic nitrogens is 1. The number of aliphatic hydroxyl groups excluding tert-OH is 1. The summed E-state index contributed by atoms with van der Waals surface area (Å²) in [7, 11) is 1.31. The number of esters is 1. The van der Waals surface area contributed by atoms with E-state index in [1.54, 1.807) is 6.07 Å². The van der Waals surface area contributed by atoms with E-state index in [-0.39, 0.29) is 12.5 Å². The molecule has 0 saturated heterocycles. The normalized spacial score (nSPS) is 11.2. The standard InChI is InChI=1S/C20H23N3O4S2/c1-4-23(9-10-24)11-13-6-7-14-16(17(20(26)27-3)29-19(14)21-13)22-18(25)15-8-5-12(2)28-15/h5-8,24H,4,9-11H2,1-3H3,(H,22,25). The molecule has 0 aliphatic heterocycles. The highest BCUT2D eigenvalue weighted by Crippen LogP contribution is 2.36. The number of anilines is 1. The van der Waals surface area contributed by atoms with E-state index in [9.17, 15) is 14.7 Å². The first kappa shape index (κ1) is 21.4. The van der Waals surface area contributed by atoms with Gasteiger partial charge in [0.15, 0.2) is 0 Å². The van der Waals surface area contributed by atoms with Crippen molar-refractivity contribution in [2.24, 2.45) is 0 Å². The predicted octanol–water partition coefficient (Wildman–Crippen LogP) is 3.52. The molecule has 3 aromatic rings. The zero-order valence-corrected chi connectivity index (χ0v) is 18.2. The van der Waals surface area contributed by atoms with Crippen molar-refractivity contribution in [1.29, 1.82) is 0 Å². The maximum Gasteiger partial charge on any atom is 0.350 e. The lowest BCUT2D eigenvalue weighted by Crippen LogP contribution is -2.26. The Hall–Kier alpha value is -2.33. The van der Waals surface area contributed by atoms with Gasteiger partial charge < -0.3 is 15.2 Å². The number of pyridine rings is 1. The second-order valence-corrected chi connectivity index (χ2v) is 8.70. The van der Waals surface area contributed by atoms with Gasteiger partial charge in [-0.1, -0.05) is 6.92 Å². The zero-order chi connectivity index (χ0) is 21.0. The first-order valence-corrected chi connectivity index (χ1v) is 10.8. The van der Waals surface area contributed by atoms with Gasteiger partial charge in [0.05, 0.1) is 30.0 Å². The fourth-order valence-electron chi connectivity index (χ4n) is 2.92. The molecule has 9 heteroatoms. The Labute approximate surface area is 176 Å². The van der Waals surface area contributed by atoms with E-state index in [1.807, 2.05) is 32.0 Å². The number of ether oxygens (including phenoxy) is 1. The molecule has 1 amide bonds. The van der Waals surface area contributed by atoms with Gasteiger partial charge in [-0.15, -0.1) is 22.7 Å². The summed E-state index contributed by atoms with van der Waals surface area (Å²) in [4.78, 5) is 34.3. The summed E-state index contributed by atoms with van der Waals surface area (Å²) >= 11 is 2.59. The minimum Gasteiger partial charge on any atom is -0.465 e. The average molecular weight is 434 g/mol. The van der Waals surface area contributed by atoms with Crippen LogP contribution in [0.1, 0.15) is 36.8 Å². The van der Waals surface area contributed by atoms with Crippen LogP contribution < -0.4 is 5.32 Å². The van der Waals surface area contributed by atoms with Crippen molar-refractivity contribution in [3.63, 3.8) is 0 Å². The fourth-order valence-corrected chi connectivity index (χ4v) is 4.75.